The van der Waals surface area contributed by atoms with Crippen LogP contribution in [0, 0.1) is 0 Å². The molecule has 0 aliphatic carbocycles. The predicted molar refractivity (Wildman–Crippen MR) is 31.2 cm³/mol. The molecular formula is C4H6N2OS. The van der Waals surface area contributed by atoms with Crippen molar-refractivity contribution in [2.75, 3.05) is 5.75 Å². The maximum absolute atomic E-state index is 10.5. The summed E-state index contributed by atoms with van der Waals surface area (Å²) in [6.45, 7) is 0. The van der Waals surface area contributed by atoms with Crippen LogP contribution in [0.5, 0.6) is 0 Å². The zero-order valence-corrected chi connectivity index (χ0v) is 5.07. The summed E-state index contributed by atoms with van der Waals surface area (Å²) < 4.78 is 1.79. The third-order valence-electron chi connectivity index (χ3n) is 1.39. The summed E-state index contributed by atoms with van der Waals surface area (Å²) in [5.74, 6) is 1.09. The van der Waals surface area contributed by atoms with Crippen LogP contribution < -0.4 is 5.32 Å². The van der Waals surface area contributed by atoms with Crippen molar-refractivity contribution in [3.8, 4) is 0 Å². The zero-order valence-electron chi connectivity index (χ0n) is 4.26. The molecule has 44 valence electrons. The van der Waals surface area contributed by atoms with Gasteiger partial charge in [0.15, 0.2) is 0 Å². The molecule has 2 fully saturated rings. The van der Waals surface area contributed by atoms with Crippen LogP contribution in [-0.2, 0) is 0 Å². The standard InChI is InChI=1S/C4H6N2OS/c7-4-5-3-1-2-8-6(3)4/h3H,1-2H2,(H,5,7). The Bertz CT molecular complexity index is 138. The summed E-state index contributed by atoms with van der Waals surface area (Å²) in [6.07, 6.45) is 1.48. The lowest BCUT2D eigenvalue weighted by molar-refractivity contribution is 0.171. The highest BCUT2D eigenvalue weighted by molar-refractivity contribution is 7.97. The molecule has 2 aliphatic rings. The van der Waals surface area contributed by atoms with Gasteiger partial charge in [0.05, 0.1) is 0 Å². The SMILES string of the molecule is O=C1NC2CCSN12. The Balaban J connectivity index is 2.11. The van der Waals surface area contributed by atoms with E-state index in [2.05, 4.69) is 5.32 Å². The molecule has 4 heteroatoms. The average molecular weight is 130 g/mol. The Hall–Kier alpha value is -0.380. The number of amides is 2. The van der Waals surface area contributed by atoms with E-state index in [0.717, 1.165) is 12.2 Å². The van der Waals surface area contributed by atoms with Gasteiger partial charge in [-0.15, -0.1) is 0 Å². The molecule has 1 atom stereocenters. The molecule has 2 rings (SSSR count). The lowest BCUT2D eigenvalue weighted by atomic mass is 10.3. The molecule has 2 amide bonds. The number of nitrogens with one attached hydrogen (secondary N) is 1. The third-order valence-corrected chi connectivity index (χ3v) is 2.51. The highest BCUT2D eigenvalue weighted by atomic mass is 32.2. The fourth-order valence-electron chi connectivity index (χ4n) is 0.941. The molecule has 1 N–H and O–H groups in total. The van der Waals surface area contributed by atoms with E-state index in [0.29, 0.717) is 6.17 Å². The summed E-state index contributed by atoms with van der Waals surface area (Å²) in [7, 11) is 0. The monoisotopic (exact) mass is 130 g/mol. The number of hydrogen-bond donors (Lipinski definition) is 1. The molecule has 2 heterocycles. The summed E-state index contributed by atoms with van der Waals surface area (Å²) in [5.41, 5.74) is 0. The van der Waals surface area contributed by atoms with Crippen molar-refractivity contribution in [1.82, 2.24) is 9.62 Å². The molecule has 0 aromatic heterocycles. The van der Waals surface area contributed by atoms with Crippen molar-refractivity contribution in [1.29, 1.82) is 0 Å². The summed E-state index contributed by atoms with van der Waals surface area (Å²) in [6, 6.07) is 0.0810. The van der Waals surface area contributed by atoms with Gasteiger partial charge in [0.2, 0.25) is 0 Å². The van der Waals surface area contributed by atoms with Gasteiger partial charge in [0.1, 0.15) is 6.17 Å². The number of fused-ring (bicyclic) bond motifs is 1. The molecule has 3 nitrogen and oxygen atoms in total. The largest absolute Gasteiger partial charge is 0.330 e. The smallest absolute Gasteiger partial charge is 0.316 e. The first-order chi connectivity index (χ1) is 3.88. The van der Waals surface area contributed by atoms with Gasteiger partial charge in [0.25, 0.3) is 0 Å². The van der Waals surface area contributed by atoms with E-state index in [-0.39, 0.29) is 6.03 Å². The van der Waals surface area contributed by atoms with Crippen molar-refractivity contribution in [2.45, 2.75) is 12.6 Å². The van der Waals surface area contributed by atoms with Crippen LogP contribution in [0.4, 0.5) is 4.79 Å². The molecule has 0 aromatic carbocycles. The maximum atomic E-state index is 10.5. The Morgan fingerprint density at radius 1 is 1.88 bits per heavy atom. The minimum absolute atomic E-state index is 0.0810. The van der Waals surface area contributed by atoms with Crippen molar-refractivity contribution >= 4 is 18.0 Å². The zero-order chi connectivity index (χ0) is 5.56. The predicted octanol–water partition coefficient (Wildman–Crippen LogP) is 0.390. The van der Waals surface area contributed by atoms with Crippen LogP contribution in [0.25, 0.3) is 0 Å². The number of carbonyl (C=O) groups is 1. The van der Waals surface area contributed by atoms with Crippen LogP contribution in [0.15, 0.2) is 0 Å². The fourth-order valence-corrected chi connectivity index (χ4v) is 1.97. The van der Waals surface area contributed by atoms with Gasteiger partial charge in [-0.3, -0.25) is 0 Å². The van der Waals surface area contributed by atoms with Gasteiger partial charge >= 0.3 is 6.03 Å². The van der Waals surface area contributed by atoms with E-state index in [1.807, 2.05) is 0 Å². The van der Waals surface area contributed by atoms with Crippen LogP contribution in [0.1, 0.15) is 6.42 Å². The normalized spacial score (nSPS) is 33.8. The number of urea groups is 1. The summed E-state index contributed by atoms with van der Waals surface area (Å²) in [5, 5.41) is 2.77. The second kappa shape index (κ2) is 1.31. The van der Waals surface area contributed by atoms with Crippen molar-refractivity contribution < 1.29 is 4.79 Å². The Morgan fingerprint density at radius 3 is 3.25 bits per heavy atom. The third kappa shape index (κ3) is 0.386. The Morgan fingerprint density at radius 2 is 2.75 bits per heavy atom. The van der Waals surface area contributed by atoms with E-state index < -0.39 is 0 Å². The first-order valence-electron chi connectivity index (χ1n) is 2.60. The minimum Gasteiger partial charge on any atom is -0.316 e. The van der Waals surface area contributed by atoms with Crippen LogP contribution in [-0.4, -0.2) is 22.3 Å². The molecule has 0 radical (unpaired) electrons. The summed E-state index contributed by atoms with van der Waals surface area (Å²) in [4.78, 5) is 10.5. The van der Waals surface area contributed by atoms with Crippen LogP contribution in [0.2, 0.25) is 0 Å². The maximum Gasteiger partial charge on any atom is 0.330 e. The molecule has 0 bridgehead atoms. The first kappa shape index (κ1) is 4.49. The number of rotatable bonds is 0. The lowest BCUT2D eigenvalue weighted by Crippen LogP contribution is -2.59. The van der Waals surface area contributed by atoms with Crippen molar-refractivity contribution in [3.63, 3.8) is 0 Å². The number of nitrogens with zero attached hydrogens (tertiary/aromatic N) is 1. The quantitative estimate of drug-likeness (QED) is 0.481. The van der Waals surface area contributed by atoms with E-state index in [9.17, 15) is 4.79 Å². The van der Waals surface area contributed by atoms with E-state index in [1.54, 1.807) is 16.3 Å². The number of carbonyl (C=O) groups excluding carboxylic acids is 1. The molecule has 2 aliphatic heterocycles. The van der Waals surface area contributed by atoms with Crippen molar-refractivity contribution in [2.24, 2.45) is 0 Å². The highest BCUT2D eigenvalue weighted by Crippen LogP contribution is 2.30. The Labute approximate surface area is 51.6 Å². The van der Waals surface area contributed by atoms with E-state index >= 15 is 0 Å². The van der Waals surface area contributed by atoms with Gasteiger partial charge in [-0.25, -0.2) is 9.10 Å². The molecule has 0 aromatic rings. The molecule has 0 saturated carbocycles. The van der Waals surface area contributed by atoms with E-state index in [4.69, 9.17) is 0 Å². The van der Waals surface area contributed by atoms with Gasteiger partial charge in [-0.05, 0) is 18.4 Å². The number of hydrogen-bond acceptors (Lipinski definition) is 2. The van der Waals surface area contributed by atoms with Crippen LogP contribution in [0.3, 0.4) is 0 Å². The average Bonchev–Trinajstić information content (AvgIpc) is 2.09. The fraction of sp³-hybridized carbons (Fsp3) is 0.750. The molecule has 2 saturated heterocycles. The second-order valence-corrected chi connectivity index (χ2v) is 2.97. The summed E-state index contributed by atoms with van der Waals surface area (Å²) >= 11 is 1.62. The van der Waals surface area contributed by atoms with Gasteiger partial charge in [0, 0.05) is 5.75 Å². The van der Waals surface area contributed by atoms with E-state index in [1.165, 1.54) is 0 Å². The topological polar surface area (TPSA) is 32.3 Å². The molecule has 1 unspecified atom stereocenters. The van der Waals surface area contributed by atoms with Gasteiger partial charge < -0.3 is 5.32 Å². The molecule has 0 spiro atoms. The van der Waals surface area contributed by atoms with Crippen LogP contribution >= 0.6 is 11.9 Å². The molecule has 8 heavy (non-hydrogen) atoms. The second-order valence-electron chi connectivity index (χ2n) is 1.91. The minimum atomic E-state index is 0.0810. The Kier molecular flexibility index (Phi) is 0.738. The van der Waals surface area contributed by atoms with Crippen molar-refractivity contribution in [3.05, 3.63) is 0 Å². The first-order valence-corrected chi connectivity index (χ1v) is 3.55. The molecular weight excluding hydrogens is 124 g/mol. The van der Waals surface area contributed by atoms with Gasteiger partial charge in [-0.1, -0.05) is 0 Å². The van der Waals surface area contributed by atoms with Gasteiger partial charge in [-0.2, -0.15) is 0 Å². The highest BCUT2D eigenvalue weighted by Gasteiger charge is 2.39. The lowest BCUT2D eigenvalue weighted by Gasteiger charge is -2.33.